The van der Waals surface area contributed by atoms with E-state index in [9.17, 15) is 24.9 Å². The van der Waals surface area contributed by atoms with Crippen molar-refractivity contribution in [1.29, 1.82) is 0 Å². The Morgan fingerprint density at radius 2 is 2.06 bits per heavy atom. The van der Waals surface area contributed by atoms with Crippen molar-refractivity contribution in [2.75, 3.05) is 19.8 Å². The van der Waals surface area contributed by atoms with Crippen molar-refractivity contribution >= 4 is 5.97 Å². The summed E-state index contributed by atoms with van der Waals surface area (Å²) in [6.45, 7) is 4.59. The van der Waals surface area contributed by atoms with Gasteiger partial charge < -0.3 is 29.4 Å². The summed E-state index contributed by atoms with van der Waals surface area (Å²) in [4.78, 5) is 24.1. The van der Waals surface area contributed by atoms with Crippen LogP contribution in [0, 0.1) is 5.41 Å². The van der Waals surface area contributed by atoms with E-state index < -0.39 is 16.8 Å². The van der Waals surface area contributed by atoms with Gasteiger partial charge in [0.25, 0.3) is 0 Å². The van der Waals surface area contributed by atoms with E-state index in [1.54, 1.807) is 10.6 Å². The number of hydrogen-bond donors (Lipinski definition) is 3. The largest absolute Gasteiger partial charge is 0.488 e. The van der Waals surface area contributed by atoms with E-state index in [2.05, 4.69) is 0 Å². The molecule has 3 heterocycles. The van der Waals surface area contributed by atoms with Crippen LogP contribution in [0.25, 0.3) is 11.3 Å². The van der Waals surface area contributed by atoms with E-state index in [1.807, 2.05) is 19.9 Å². The molecular weight excluding hydrogens is 402 g/mol. The van der Waals surface area contributed by atoms with Crippen molar-refractivity contribution in [3.63, 3.8) is 0 Å². The van der Waals surface area contributed by atoms with Gasteiger partial charge in [-0.25, -0.2) is 4.79 Å². The monoisotopic (exact) mass is 429 g/mol. The number of rotatable bonds is 6. The molecule has 0 bridgehead atoms. The molecular formula is C23H27NO7. The first kappa shape index (κ1) is 21.5. The smallest absolute Gasteiger partial charge is 0.341 e. The maximum atomic E-state index is 12.5. The summed E-state index contributed by atoms with van der Waals surface area (Å²) in [7, 11) is 0. The number of benzene rings is 1. The van der Waals surface area contributed by atoms with Gasteiger partial charge in [0.05, 0.1) is 32.1 Å². The van der Waals surface area contributed by atoms with E-state index in [1.165, 1.54) is 12.3 Å². The van der Waals surface area contributed by atoms with Crippen LogP contribution in [0.1, 0.15) is 47.8 Å². The number of aromatic nitrogens is 1. The van der Waals surface area contributed by atoms with Crippen LogP contribution in [-0.2, 0) is 17.8 Å². The van der Waals surface area contributed by atoms with Gasteiger partial charge in [0, 0.05) is 41.3 Å². The molecule has 0 saturated carbocycles. The fourth-order valence-electron chi connectivity index (χ4n) is 4.34. The van der Waals surface area contributed by atoms with E-state index in [-0.39, 0.29) is 30.9 Å². The van der Waals surface area contributed by atoms with Gasteiger partial charge in [-0.3, -0.25) is 4.79 Å². The number of carbonyl (C=O) groups is 1. The molecule has 1 aromatic heterocycles. The minimum Gasteiger partial charge on any atom is -0.488 e. The molecule has 2 aliphatic heterocycles. The van der Waals surface area contributed by atoms with Gasteiger partial charge in [0.1, 0.15) is 17.4 Å². The Morgan fingerprint density at radius 3 is 2.68 bits per heavy atom. The third-order valence-corrected chi connectivity index (χ3v) is 6.28. The molecule has 2 aromatic rings. The second-order valence-corrected chi connectivity index (χ2v) is 8.89. The minimum atomic E-state index is -1.29. The quantitative estimate of drug-likeness (QED) is 0.643. The second kappa shape index (κ2) is 8.11. The molecule has 1 aromatic carbocycles. The summed E-state index contributed by atoms with van der Waals surface area (Å²) in [5, 5.41) is 29.4. The number of fused-ring (bicyclic) bond motifs is 3. The van der Waals surface area contributed by atoms with E-state index in [0.717, 1.165) is 17.5 Å². The van der Waals surface area contributed by atoms with Crippen LogP contribution in [0.15, 0.2) is 29.2 Å². The summed E-state index contributed by atoms with van der Waals surface area (Å²) in [5.41, 5.74) is 1.35. The van der Waals surface area contributed by atoms with Gasteiger partial charge in [0.15, 0.2) is 5.43 Å². The number of carboxylic acids is 1. The van der Waals surface area contributed by atoms with Crippen LogP contribution in [0.4, 0.5) is 0 Å². The first-order valence-corrected chi connectivity index (χ1v) is 10.4. The van der Waals surface area contributed by atoms with Crippen LogP contribution >= 0.6 is 0 Å². The zero-order chi connectivity index (χ0) is 22.3. The number of aromatic carboxylic acids is 1. The lowest BCUT2D eigenvalue weighted by atomic mass is 9.77. The lowest BCUT2D eigenvalue weighted by Gasteiger charge is -2.40. The van der Waals surface area contributed by atoms with Crippen LogP contribution in [0.2, 0.25) is 0 Å². The molecule has 31 heavy (non-hydrogen) atoms. The Bertz CT molecular complexity index is 1070. The Balaban J connectivity index is 1.89. The minimum absolute atomic E-state index is 0.0790. The predicted molar refractivity (Wildman–Crippen MR) is 112 cm³/mol. The number of nitrogens with zero attached hydrogens (tertiary/aromatic N) is 1. The molecule has 0 amide bonds. The summed E-state index contributed by atoms with van der Waals surface area (Å²) in [6, 6.07) is 4.74. The molecule has 0 radical (unpaired) electrons. The molecule has 2 atom stereocenters. The third kappa shape index (κ3) is 3.86. The Hall–Kier alpha value is -2.68. The standard InChI is InChI=1S/C23H27NO7/c1-23(2,12-26)21-7-13-6-20(31-15-3-4-30-11-15)14(10-25)5-16(13)18-8-19(27)17(22(28)29)9-24(18)21/h5-6,8-9,15,21,25-26H,3-4,7,10-12H2,1-2H3,(H,28,29)/t15-,21+/m1/s1. The summed E-state index contributed by atoms with van der Waals surface area (Å²) < 4.78 is 13.2. The van der Waals surface area contributed by atoms with E-state index in [4.69, 9.17) is 9.47 Å². The number of carboxylic acid groups (broad SMARTS) is 1. The average Bonchev–Trinajstić information content (AvgIpc) is 3.25. The van der Waals surface area contributed by atoms with Crippen LogP contribution in [0.5, 0.6) is 5.75 Å². The fourth-order valence-corrected chi connectivity index (χ4v) is 4.34. The number of pyridine rings is 1. The highest BCUT2D eigenvalue weighted by molar-refractivity contribution is 5.87. The Kier molecular flexibility index (Phi) is 5.63. The predicted octanol–water partition coefficient (Wildman–Crippen LogP) is 1.99. The van der Waals surface area contributed by atoms with Crippen molar-refractivity contribution in [2.45, 2.75) is 45.4 Å². The van der Waals surface area contributed by atoms with Crippen molar-refractivity contribution in [3.8, 4) is 17.0 Å². The Labute approximate surface area is 179 Å². The van der Waals surface area contributed by atoms with Crippen molar-refractivity contribution < 1.29 is 29.6 Å². The van der Waals surface area contributed by atoms with Crippen LogP contribution < -0.4 is 10.2 Å². The number of hydrogen-bond acceptors (Lipinski definition) is 6. The van der Waals surface area contributed by atoms with E-state index >= 15 is 0 Å². The number of aliphatic hydroxyl groups excluding tert-OH is 2. The van der Waals surface area contributed by atoms with Gasteiger partial charge in [-0.15, -0.1) is 0 Å². The van der Waals surface area contributed by atoms with Gasteiger partial charge in [-0.05, 0) is 24.1 Å². The lowest BCUT2D eigenvalue weighted by molar-refractivity contribution is 0.0691. The molecule has 3 N–H and O–H groups in total. The molecule has 4 rings (SSSR count). The molecule has 1 saturated heterocycles. The van der Waals surface area contributed by atoms with Crippen LogP contribution in [-0.4, -0.2) is 51.8 Å². The van der Waals surface area contributed by atoms with Crippen molar-refractivity contribution in [3.05, 3.63) is 51.3 Å². The van der Waals surface area contributed by atoms with Crippen LogP contribution in [0.3, 0.4) is 0 Å². The number of aliphatic hydroxyl groups is 2. The molecule has 0 spiro atoms. The highest BCUT2D eigenvalue weighted by atomic mass is 16.5. The van der Waals surface area contributed by atoms with Gasteiger partial charge >= 0.3 is 5.97 Å². The molecule has 8 nitrogen and oxygen atoms in total. The normalized spacial score (nSPS) is 20.3. The van der Waals surface area contributed by atoms with E-state index in [0.29, 0.717) is 36.6 Å². The zero-order valence-corrected chi connectivity index (χ0v) is 17.6. The average molecular weight is 429 g/mol. The maximum Gasteiger partial charge on any atom is 0.341 e. The third-order valence-electron chi connectivity index (χ3n) is 6.28. The summed E-state index contributed by atoms with van der Waals surface area (Å²) in [5.74, 6) is -0.708. The molecule has 0 unspecified atom stereocenters. The number of ether oxygens (including phenoxy) is 2. The fraction of sp³-hybridized carbons (Fsp3) is 0.478. The maximum absolute atomic E-state index is 12.5. The summed E-state index contributed by atoms with van der Waals surface area (Å²) in [6.07, 6.45) is 2.58. The Morgan fingerprint density at radius 1 is 1.29 bits per heavy atom. The second-order valence-electron chi connectivity index (χ2n) is 8.89. The molecule has 166 valence electrons. The summed E-state index contributed by atoms with van der Waals surface area (Å²) >= 11 is 0. The van der Waals surface area contributed by atoms with Gasteiger partial charge in [-0.1, -0.05) is 13.8 Å². The highest BCUT2D eigenvalue weighted by Gasteiger charge is 2.36. The molecule has 1 fully saturated rings. The molecule has 8 heteroatoms. The lowest BCUT2D eigenvalue weighted by Crippen LogP contribution is -2.36. The van der Waals surface area contributed by atoms with Gasteiger partial charge in [0.2, 0.25) is 0 Å². The highest BCUT2D eigenvalue weighted by Crippen LogP contribution is 2.44. The first-order chi connectivity index (χ1) is 14.7. The van der Waals surface area contributed by atoms with Crippen molar-refractivity contribution in [2.24, 2.45) is 5.41 Å². The SMILES string of the molecule is CC(C)(CO)[C@@H]1Cc2cc(O[C@@H]3CCOC3)c(CO)cc2-c2cc(=O)c(C(=O)O)cn21. The van der Waals surface area contributed by atoms with Gasteiger partial charge in [-0.2, -0.15) is 0 Å². The zero-order valence-electron chi connectivity index (χ0n) is 17.6. The first-order valence-electron chi connectivity index (χ1n) is 10.4. The molecule has 2 aliphatic rings. The topological polar surface area (TPSA) is 118 Å². The molecule has 0 aliphatic carbocycles. The van der Waals surface area contributed by atoms with Crippen molar-refractivity contribution in [1.82, 2.24) is 4.57 Å².